The standard InChI is InChI=1S/C22H21N3O6S/c1-12(2)30-22(27)31-21(26)19-17-10-16(11-23)6-7-18(17)25(24-19)32(28,29)20-14(4)8-13(3)9-15(20)5/h6-10,12H,1-5H3. The van der Waals surface area contributed by atoms with Gasteiger partial charge in [0.1, 0.15) is 0 Å². The number of benzene rings is 2. The third-order valence-electron chi connectivity index (χ3n) is 4.57. The summed E-state index contributed by atoms with van der Waals surface area (Å²) in [5.74, 6) is -1.19. The zero-order chi connectivity index (χ0) is 23.8. The third kappa shape index (κ3) is 4.20. The van der Waals surface area contributed by atoms with Crippen molar-refractivity contribution >= 4 is 33.1 Å². The SMILES string of the molecule is Cc1cc(C)c(S(=O)(=O)n2nc(C(=O)OC(=O)OC(C)C)c3cc(C#N)ccc32)c(C)c1. The van der Waals surface area contributed by atoms with Gasteiger partial charge in [-0.3, -0.25) is 0 Å². The lowest BCUT2D eigenvalue weighted by molar-refractivity contribution is 0.0280. The lowest BCUT2D eigenvalue weighted by Crippen LogP contribution is -2.20. The topological polar surface area (TPSA) is 128 Å². The molecule has 0 fully saturated rings. The van der Waals surface area contributed by atoms with E-state index in [0.29, 0.717) is 11.1 Å². The molecule has 1 aromatic heterocycles. The van der Waals surface area contributed by atoms with Crippen molar-refractivity contribution in [3.63, 3.8) is 0 Å². The lowest BCUT2D eigenvalue weighted by Gasteiger charge is -2.12. The van der Waals surface area contributed by atoms with E-state index in [1.165, 1.54) is 18.2 Å². The van der Waals surface area contributed by atoms with Gasteiger partial charge in [-0.2, -0.15) is 17.8 Å². The highest BCUT2D eigenvalue weighted by Crippen LogP contribution is 2.29. The molecular weight excluding hydrogens is 434 g/mol. The van der Waals surface area contributed by atoms with E-state index >= 15 is 0 Å². The van der Waals surface area contributed by atoms with Gasteiger partial charge < -0.3 is 9.47 Å². The van der Waals surface area contributed by atoms with Crippen molar-refractivity contribution in [1.29, 1.82) is 5.26 Å². The van der Waals surface area contributed by atoms with Crippen LogP contribution in [0.4, 0.5) is 4.79 Å². The highest BCUT2D eigenvalue weighted by atomic mass is 32.2. The minimum atomic E-state index is -4.22. The fourth-order valence-electron chi connectivity index (χ4n) is 3.50. The summed E-state index contributed by atoms with van der Waals surface area (Å²) in [7, 11) is -4.22. The second-order valence-electron chi connectivity index (χ2n) is 7.57. The number of fused-ring (bicyclic) bond motifs is 1. The maximum absolute atomic E-state index is 13.6. The average Bonchev–Trinajstić information content (AvgIpc) is 3.05. The molecular formula is C22H21N3O6S. The van der Waals surface area contributed by atoms with Gasteiger partial charge in [0.05, 0.1) is 28.1 Å². The normalized spacial score (nSPS) is 11.4. The Bertz CT molecular complexity index is 1370. The Balaban J connectivity index is 2.22. The molecule has 0 saturated heterocycles. The molecule has 0 spiro atoms. The Morgan fingerprint density at radius 1 is 1.09 bits per heavy atom. The number of ether oxygens (including phenoxy) is 2. The largest absolute Gasteiger partial charge is 0.516 e. The van der Waals surface area contributed by atoms with Crippen molar-refractivity contribution in [2.45, 2.75) is 45.6 Å². The number of aryl methyl sites for hydroxylation is 3. The molecule has 3 rings (SSSR count). The molecule has 1 heterocycles. The van der Waals surface area contributed by atoms with E-state index < -0.39 is 33.9 Å². The zero-order valence-electron chi connectivity index (χ0n) is 18.2. The first kappa shape index (κ1) is 23.0. The van der Waals surface area contributed by atoms with Gasteiger partial charge in [-0.05, 0) is 63.9 Å². The monoisotopic (exact) mass is 455 g/mol. The predicted molar refractivity (Wildman–Crippen MR) is 115 cm³/mol. The Kier molecular flexibility index (Phi) is 6.05. The predicted octanol–water partition coefficient (Wildman–Crippen LogP) is 3.77. The van der Waals surface area contributed by atoms with Gasteiger partial charge in [-0.25, -0.2) is 9.59 Å². The van der Waals surface area contributed by atoms with Crippen molar-refractivity contribution in [2.75, 3.05) is 0 Å². The van der Waals surface area contributed by atoms with Crippen LogP contribution in [-0.2, 0) is 19.5 Å². The molecule has 2 aromatic carbocycles. The van der Waals surface area contributed by atoms with Crippen LogP contribution in [-0.4, -0.2) is 35.8 Å². The molecule has 0 unspecified atom stereocenters. The molecule has 0 saturated carbocycles. The van der Waals surface area contributed by atoms with Gasteiger partial charge in [0.2, 0.25) is 0 Å². The quantitative estimate of drug-likeness (QED) is 0.429. The molecule has 32 heavy (non-hydrogen) atoms. The van der Waals surface area contributed by atoms with Crippen molar-refractivity contribution in [3.05, 3.63) is 58.3 Å². The van der Waals surface area contributed by atoms with Gasteiger partial charge >= 0.3 is 12.1 Å². The van der Waals surface area contributed by atoms with Gasteiger partial charge in [-0.1, -0.05) is 17.7 Å². The number of aromatic nitrogens is 2. The van der Waals surface area contributed by atoms with Crippen molar-refractivity contribution in [1.82, 2.24) is 9.19 Å². The van der Waals surface area contributed by atoms with E-state index in [0.717, 1.165) is 9.65 Å². The summed E-state index contributed by atoms with van der Waals surface area (Å²) in [5.41, 5.74) is 1.75. The van der Waals surface area contributed by atoms with E-state index in [4.69, 9.17) is 4.74 Å². The summed E-state index contributed by atoms with van der Waals surface area (Å²) >= 11 is 0. The minimum Gasteiger partial charge on any atom is -0.431 e. The molecule has 0 amide bonds. The molecule has 0 aliphatic heterocycles. The van der Waals surface area contributed by atoms with Crippen LogP contribution in [0, 0.1) is 32.1 Å². The molecule has 0 N–H and O–H groups in total. The fourth-order valence-corrected chi connectivity index (χ4v) is 5.21. The van der Waals surface area contributed by atoms with Crippen LogP contribution in [0.15, 0.2) is 35.2 Å². The Morgan fingerprint density at radius 2 is 1.72 bits per heavy atom. The molecule has 166 valence electrons. The molecule has 0 aliphatic rings. The second kappa shape index (κ2) is 8.43. The summed E-state index contributed by atoms with van der Waals surface area (Å²) in [4.78, 5) is 24.5. The van der Waals surface area contributed by atoms with E-state index in [-0.39, 0.29) is 21.4 Å². The number of carbonyl (C=O) groups is 2. The summed E-state index contributed by atoms with van der Waals surface area (Å²) in [5, 5.41) is 13.3. The summed E-state index contributed by atoms with van der Waals surface area (Å²) in [6, 6.07) is 9.49. The van der Waals surface area contributed by atoms with Gasteiger partial charge in [0.25, 0.3) is 10.0 Å². The number of hydrogen-bond donors (Lipinski definition) is 0. The molecule has 9 nitrogen and oxygen atoms in total. The minimum absolute atomic E-state index is 0.0518. The van der Waals surface area contributed by atoms with E-state index in [1.807, 2.05) is 13.0 Å². The van der Waals surface area contributed by atoms with Crippen LogP contribution >= 0.6 is 0 Å². The van der Waals surface area contributed by atoms with Gasteiger partial charge in [0, 0.05) is 5.39 Å². The molecule has 0 aliphatic carbocycles. The summed E-state index contributed by atoms with van der Waals surface area (Å²) < 4.78 is 37.3. The van der Waals surface area contributed by atoms with E-state index in [2.05, 4.69) is 9.84 Å². The van der Waals surface area contributed by atoms with Crippen LogP contribution in [0.3, 0.4) is 0 Å². The van der Waals surface area contributed by atoms with Crippen LogP contribution in [0.2, 0.25) is 0 Å². The Hall–Kier alpha value is -3.71. The van der Waals surface area contributed by atoms with Gasteiger partial charge in [-0.15, -0.1) is 5.10 Å². The van der Waals surface area contributed by atoms with E-state index in [9.17, 15) is 23.3 Å². The van der Waals surface area contributed by atoms with E-state index in [1.54, 1.807) is 39.8 Å². The first-order valence-corrected chi connectivity index (χ1v) is 11.1. The number of hydrogen-bond acceptors (Lipinski definition) is 8. The van der Waals surface area contributed by atoms with Crippen molar-refractivity contribution in [2.24, 2.45) is 0 Å². The van der Waals surface area contributed by atoms with Crippen molar-refractivity contribution < 1.29 is 27.5 Å². The first-order chi connectivity index (χ1) is 14.9. The molecule has 0 bridgehead atoms. The van der Waals surface area contributed by atoms with Crippen LogP contribution in [0.1, 0.15) is 46.6 Å². The maximum Gasteiger partial charge on any atom is 0.516 e. The Morgan fingerprint density at radius 3 is 2.28 bits per heavy atom. The highest BCUT2D eigenvalue weighted by molar-refractivity contribution is 7.90. The highest BCUT2D eigenvalue weighted by Gasteiger charge is 2.30. The van der Waals surface area contributed by atoms with Crippen molar-refractivity contribution in [3.8, 4) is 6.07 Å². The van der Waals surface area contributed by atoms with Crippen LogP contribution in [0.5, 0.6) is 0 Å². The number of carbonyl (C=O) groups excluding carboxylic acids is 2. The number of nitriles is 1. The number of nitrogens with zero attached hydrogens (tertiary/aromatic N) is 3. The smallest absolute Gasteiger partial charge is 0.431 e. The maximum atomic E-state index is 13.6. The summed E-state index contributed by atoms with van der Waals surface area (Å²) in [6.07, 6.45) is -1.76. The third-order valence-corrected chi connectivity index (χ3v) is 6.46. The van der Waals surface area contributed by atoms with Crippen LogP contribution in [0.25, 0.3) is 10.9 Å². The zero-order valence-corrected chi connectivity index (χ0v) is 19.0. The Labute approximate surface area is 185 Å². The van der Waals surface area contributed by atoms with Gasteiger partial charge in [0.15, 0.2) is 5.69 Å². The first-order valence-electron chi connectivity index (χ1n) is 9.64. The average molecular weight is 455 g/mol. The summed E-state index contributed by atoms with van der Waals surface area (Å²) in [6.45, 7) is 8.35. The molecule has 0 atom stereocenters. The number of esters is 1. The molecule has 10 heteroatoms. The van der Waals surface area contributed by atoms with Crippen LogP contribution < -0.4 is 0 Å². The molecule has 3 aromatic rings. The fraction of sp³-hybridized carbons (Fsp3) is 0.273. The number of rotatable bonds is 4. The second-order valence-corrected chi connectivity index (χ2v) is 9.28. The molecule has 0 radical (unpaired) electrons. The lowest BCUT2D eigenvalue weighted by atomic mass is 10.1.